The Morgan fingerprint density at radius 1 is 1.41 bits per heavy atom. The summed E-state index contributed by atoms with van der Waals surface area (Å²) in [6.07, 6.45) is 0. The first kappa shape index (κ1) is 13.6. The molecule has 1 rings (SSSR count). The highest BCUT2D eigenvalue weighted by molar-refractivity contribution is 7.85. The van der Waals surface area contributed by atoms with E-state index in [4.69, 9.17) is 10.3 Å². The number of carbonyl (C=O) groups is 1. The molecule has 0 heterocycles. The Labute approximate surface area is 99.6 Å². The number of anilines is 1. The highest BCUT2D eigenvalue weighted by Crippen LogP contribution is 2.14. The van der Waals surface area contributed by atoms with Gasteiger partial charge >= 0.3 is 0 Å². The zero-order valence-corrected chi connectivity index (χ0v) is 10.1. The average Bonchev–Trinajstić information content (AvgIpc) is 2.27. The van der Waals surface area contributed by atoms with Gasteiger partial charge in [0.1, 0.15) is 0 Å². The summed E-state index contributed by atoms with van der Waals surface area (Å²) in [4.78, 5) is 11.2. The van der Waals surface area contributed by atoms with Crippen LogP contribution in [-0.4, -0.2) is 25.4 Å². The zero-order valence-electron chi connectivity index (χ0n) is 9.25. The van der Waals surface area contributed by atoms with E-state index in [0.717, 1.165) is 0 Å². The molecular formula is C10H14N2O4S. The number of amides is 1. The van der Waals surface area contributed by atoms with E-state index in [9.17, 15) is 13.2 Å². The predicted octanol–water partition coefficient (Wildman–Crippen LogP) is 0.467. The van der Waals surface area contributed by atoms with Gasteiger partial charge in [0.15, 0.2) is 0 Å². The van der Waals surface area contributed by atoms with Crippen molar-refractivity contribution in [1.82, 2.24) is 0 Å². The molecule has 0 aliphatic carbocycles. The van der Waals surface area contributed by atoms with Crippen LogP contribution in [0.4, 0.5) is 5.69 Å². The van der Waals surface area contributed by atoms with Crippen LogP contribution in [0, 0.1) is 5.92 Å². The van der Waals surface area contributed by atoms with Gasteiger partial charge < -0.3 is 11.1 Å². The fourth-order valence-corrected chi connectivity index (χ4v) is 1.56. The van der Waals surface area contributed by atoms with E-state index in [2.05, 4.69) is 5.32 Å². The van der Waals surface area contributed by atoms with Crippen molar-refractivity contribution in [3.05, 3.63) is 24.3 Å². The van der Waals surface area contributed by atoms with Crippen LogP contribution in [0.2, 0.25) is 0 Å². The fourth-order valence-electron chi connectivity index (χ4n) is 1.08. The van der Waals surface area contributed by atoms with E-state index in [0.29, 0.717) is 5.69 Å². The lowest BCUT2D eigenvalue weighted by atomic mass is 10.1. The van der Waals surface area contributed by atoms with E-state index in [-0.39, 0.29) is 23.3 Å². The maximum Gasteiger partial charge on any atom is 0.294 e. The Kier molecular flexibility index (Phi) is 4.22. The largest absolute Gasteiger partial charge is 0.330 e. The molecule has 0 saturated heterocycles. The number of benzene rings is 1. The number of rotatable bonds is 4. The lowest BCUT2D eigenvalue weighted by molar-refractivity contribution is -0.119. The molecule has 1 unspecified atom stereocenters. The monoisotopic (exact) mass is 258 g/mol. The van der Waals surface area contributed by atoms with Gasteiger partial charge in [-0.3, -0.25) is 9.35 Å². The molecule has 7 heteroatoms. The minimum absolute atomic E-state index is 0.220. The molecule has 94 valence electrons. The van der Waals surface area contributed by atoms with Crippen LogP contribution in [0.3, 0.4) is 0 Å². The molecule has 0 radical (unpaired) electrons. The molecule has 17 heavy (non-hydrogen) atoms. The minimum Gasteiger partial charge on any atom is -0.330 e. The summed E-state index contributed by atoms with van der Waals surface area (Å²) in [7, 11) is -4.20. The molecule has 1 aromatic carbocycles. The second-order valence-electron chi connectivity index (χ2n) is 3.63. The smallest absolute Gasteiger partial charge is 0.294 e. The van der Waals surface area contributed by atoms with Gasteiger partial charge in [-0.2, -0.15) is 8.42 Å². The fraction of sp³-hybridized carbons (Fsp3) is 0.300. The third-order valence-corrected chi connectivity index (χ3v) is 3.09. The first-order valence-electron chi connectivity index (χ1n) is 4.93. The molecule has 6 nitrogen and oxygen atoms in total. The molecule has 4 N–H and O–H groups in total. The second kappa shape index (κ2) is 5.26. The van der Waals surface area contributed by atoms with E-state index in [1.54, 1.807) is 6.92 Å². The highest BCUT2D eigenvalue weighted by atomic mass is 32.2. The molecule has 0 bridgehead atoms. The molecule has 1 atom stereocenters. The number of nitrogens with one attached hydrogen (secondary N) is 1. The Morgan fingerprint density at radius 2 is 1.94 bits per heavy atom. The molecule has 1 aromatic rings. The number of hydrogen-bond donors (Lipinski definition) is 3. The van der Waals surface area contributed by atoms with Crippen molar-refractivity contribution in [2.45, 2.75) is 11.8 Å². The lowest BCUT2D eigenvalue weighted by Gasteiger charge is -2.09. The number of hydrogen-bond acceptors (Lipinski definition) is 4. The first-order valence-corrected chi connectivity index (χ1v) is 6.37. The summed E-state index contributed by atoms with van der Waals surface area (Å²) in [6, 6.07) is 5.20. The van der Waals surface area contributed by atoms with Gasteiger partial charge in [-0.25, -0.2) is 0 Å². The predicted molar refractivity (Wildman–Crippen MR) is 63.1 cm³/mol. The molecule has 0 aliphatic rings. The maximum atomic E-state index is 11.5. The number of nitrogens with two attached hydrogens (primary N) is 1. The van der Waals surface area contributed by atoms with Crippen molar-refractivity contribution < 1.29 is 17.8 Å². The van der Waals surface area contributed by atoms with E-state index in [1.165, 1.54) is 24.3 Å². The van der Waals surface area contributed by atoms with Crippen molar-refractivity contribution in [3.8, 4) is 0 Å². The minimum atomic E-state index is -4.20. The van der Waals surface area contributed by atoms with Crippen molar-refractivity contribution in [1.29, 1.82) is 0 Å². The van der Waals surface area contributed by atoms with Crippen LogP contribution >= 0.6 is 0 Å². The summed E-state index contributed by atoms with van der Waals surface area (Å²) in [6.45, 7) is 1.91. The Bertz CT molecular complexity index is 496. The summed E-state index contributed by atoms with van der Waals surface area (Å²) >= 11 is 0. The van der Waals surface area contributed by atoms with Crippen LogP contribution in [0.15, 0.2) is 29.2 Å². The van der Waals surface area contributed by atoms with E-state index in [1.807, 2.05) is 0 Å². The second-order valence-corrected chi connectivity index (χ2v) is 5.05. The molecule has 0 aromatic heterocycles. The number of carbonyl (C=O) groups excluding carboxylic acids is 1. The van der Waals surface area contributed by atoms with E-state index >= 15 is 0 Å². The normalized spacial score (nSPS) is 13.1. The van der Waals surface area contributed by atoms with Crippen LogP contribution in [0.1, 0.15) is 6.92 Å². The van der Waals surface area contributed by atoms with Gasteiger partial charge in [-0.1, -0.05) is 6.92 Å². The summed E-state index contributed by atoms with van der Waals surface area (Å²) < 4.78 is 30.3. The molecular weight excluding hydrogens is 244 g/mol. The third kappa shape index (κ3) is 3.81. The van der Waals surface area contributed by atoms with Gasteiger partial charge in [-0.15, -0.1) is 0 Å². The SMILES string of the molecule is CC(CN)C(=O)Nc1ccc(S(=O)(=O)O)cc1. The van der Waals surface area contributed by atoms with Crippen LogP contribution in [0.5, 0.6) is 0 Å². The topological polar surface area (TPSA) is 109 Å². The molecule has 0 aliphatic heterocycles. The van der Waals surface area contributed by atoms with Gasteiger partial charge in [0.25, 0.3) is 10.1 Å². The maximum absolute atomic E-state index is 11.5. The van der Waals surface area contributed by atoms with Gasteiger partial charge in [0.05, 0.1) is 4.90 Å². The summed E-state index contributed by atoms with van der Waals surface area (Å²) in [5, 5.41) is 2.58. The van der Waals surface area contributed by atoms with Crippen LogP contribution in [0.25, 0.3) is 0 Å². The van der Waals surface area contributed by atoms with Gasteiger partial charge in [-0.05, 0) is 24.3 Å². The van der Waals surface area contributed by atoms with Crippen molar-refractivity contribution in [3.63, 3.8) is 0 Å². The van der Waals surface area contributed by atoms with Crippen LogP contribution < -0.4 is 11.1 Å². The molecule has 0 fully saturated rings. The average molecular weight is 258 g/mol. The van der Waals surface area contributed by atoms with Crippen molar-refractivity contribution >= 4 is 21.7 Å². The standard InChI is InChI=1S/C10H14N2O4S/c1-7(6-11)10(13)12-8-2-4-9(5-3-8)17(14,15)16/h2-5,7H,6,11H2,1H3,(H,12,13)(H,14,15,16). The van der Waals surface area contributed by atoms with Gasteiger partial charge in [0, 0.05) is 18.2 Å². The summed E-state index contributed by atoms with van der Waals surface area (Å²) in [5.74, 6) is -0.566. The Morgan fingerprint density at radius 3 is 2.35 bits per heavy atom. The Hall–Kier alpha value is -1.44. The zero-order chi connectivity index (χ0) is 13.1. The van der Waals surface area contributed by atoms with Crippen molar-refractivity contribution in [2.75, 3.05) is 11.9 Å². The van der Waals surface area contributed by atoms with Gasteiger partial charge in [0.2, 0.25) is 5.91 Å². The lowest BCUT2D eigenvalue weighted by Crippen LogP contribution is -2.26. The third-order valence-electron chi connectivity index (χ3n) is 2.22. The molecule has 0 saturated carbocycles. The Balaban J connectivity index is 2.79. The quantitative estimate of drug-likeness (QED) is 0.680. The summed E-state index contributed by atoms with van der Waals surface area (Å²) in [5.41, 5.74) is 5.78. The highest BCUT2D eigenvalue weighted by Gasteiger charge is 2.12. The van der Waals surface area contributed by atoms with Crippen molar-refractivity contribution in [2.24, 2.45) is 11.7 Å². The van der Waals surface area contributed by atoms with Crippen LogP contribution in [-0.2, 0) is 14.9 Å². The van der Waals surface area contributed by atoms with E-state index < -0.39 is 10.1 Å². The first-order chi connectivity index (χ1) is 7.84. The molecule has 1 amide bonds. The molecule has 0 spiro atoms.